The summed E-state index contributed by atoms with van der Waals surface area (Å²) < 4.78 is 2.85. The van der Waals surface area contributed by atoms with Crippen molar-refractivity contribution in [3.8, 4) is 0 Å². The van der Waals surface area contributed by atoms with E-state index in [1.54, 1.807) is 0 Å². The number of fused-ring (bicyclic) bond motifs is 1. The van der Waals surface area contributed by atoms with Crippen molar-refractivity contribution in [3.63, 3.8) is 0 Å². The van der Waals surface area contributed by atoms with Gasteiger partial charge in [-0.3, -0.25) is 9.69 Å². The average molecular weight is 274 g/mol. The van der Waals surface area contributed by atoms with E-state index in [0.29, 0.717) is 5.69 Å². The van der Waals surface area contributed by atoms with E-state index in [2.05, 4.69) is 25.8 Å². The fourth-order valence-corrected chi connectivity index (χ4v) is 2.34. The molecule has 0 bridgehead atoms. The fraction of sp³-hybridized carbons (Fsp3) is 0.556. The number of aromatic nitrogens is 2. The number of carboxylic acids is 1. The second-order valence-corrected chi connectivity index (χ2v) is 4.48. The average Bonchev–Trinajstić information content (AvgIpc) is 2.42. The zero-order chi connectivity index (χ0) is 11.0. The Labute approximate surface area is 95.8 Å². The SMILES string of the molecule is CN1CCn2c(nc(CC(=O)O)c2Br)C1. The van der Waals surface area contributed by atoms with E-state index in [1.165, 1.54) is 0 Å². The Morgan fingerprint density at radius 3 is 3.00 bits per heavy atom. The lowest BCUT2D eigenvalue weighted by atomic mass is 10.3. The molecule has 6 heteroatoms. The van der Waals surface area contributed by atoms with E-state index in [4.69, 9.17) is 5.11 Å². The topological polar surface area (TPSA) is 58.4 Å². The van der Waals surface area contributed by atoms with Crippen LogP contribution in [0.25, 0.3) is 0 Å². The molecule has 0 atom stereocenters. The number of hydrogen-bond acceptors (Lipinski definition) is 3. The molecule has 0 unspecified atom stereocenters. The molecule has 82 valence electrons. The lowest BCUT2D eigenvalue weighted by molar-refractivity contribution is -0.136. The van der Waals surface area contributed by atoms with Crippen LogP contribution < -0.4 is 0 Å². The van der Waals surface area contributed by atoms with Gasteiger partial charge in [-0.15, -0.1) is 0 Å². The minimum absolute atomic E-state index is 0.0235. The Morgan fingerprint density at radius 1 is 1.60 bits per heavy atom. The van der Waals surface area contributed by atoms with Gasteiger partial charge in [0.1, 0.15) is 10.4 Å². The summed E-state index contributed by atoms with van der Waals surface area (Å²) in [4.78, 5) is 17.1. The maximum absolute atomic E-state index is 10.6. The molecule has 1 aliphatic heterocycles. The summed E-state index contributed by atoms with van der Waals surface area (Å²) in [6, 6.07) is 0. The first kappa shape index (κ1) is 10.6. The number of nitrogens with zero attached hydrogens (tertiary/aromatic N) is 3. The second kappa shape index (κ2) is 3.94. The van der Waals surface area contributed by atoms with Crippen LogP contribution in [0, 0.1) is 0 Å². The third kappa shape index (κ3) is 2.05. The van der Waals surface area contributed by atoms with Crippen LogP contribution in [0.5, 0.6) is 0 Å². The van der Waals surface area contributed by atoms with Crippen molar-refractivity contribution >= 4 is 21.9 Å². The maximum atomic E-state index is 10.6. The summed E-state index contributed by atoms with van der Waals surface area (Å²) in [5.41, 5.74) is 0.618. The van der Waals surface area contributed by atoms with Gasteiger partial charge in [0.15, 0.2) is 0 Å². The molecular weight excluding hydrogens is 262 g/mol. The van der Waals surface area contributed by atoms with Crippen LogP contribution in [-0.2, 0) is 24.3 Å². The molecule has 1 aromatic heterocycles. The van der Waals surface area contributed by atoms with Gasteiger partial charge in [0.2, 0.25) is 0 Å². The number of hydrogen-bond donors (Lipinski definition) is 1. The van der Waals surface area contributed by atoms with Gasteiger partial charge in [-0.2, -0.15) is 0 Å². The van der Waals surface area contributed by atoms with E-state index >= 15 is 0 Å². The third-order valence-corrected chi connectivity index (χ3v) is 3.37. The van der Waals surface area contributed by atoms with Crippen molar-refractivity contribution in [1.29, 1.82) is 0 Å². The van der Waals surface area contributed by atoms with E-state index in [1.807, 2.05) is 11.6 Å². The number of likely N-dealkylation sites (N-methyl/N-ethyl adjacent to an activating group) is 1. The molecule has 1 N–H and O–H groups in total. The van der Waals surface area contributed by atoms with Crippen molar-refractivity contribution in [2.45, 2.75) is 19.5 Å². The van der Waals surface area contributed by atoms with Crippen LogP contribution in [0.1, 0.15) is 11.5 Å². The molecule has 1 aliphatic rings. The van der Waals surface area contributed by atoms with Crippen molar-refractivity contribution in [3.05, 3.63) is 16.1 Å². The highest BCUT2D eigenvalue weighted by Gasteiger charge is 2.21. The van der Waals surface area contributed by atoms with Gasteiger partial charge in [-0.05, 0) is 23.0 Å². The molecule has 0 amide bonds. The summed E-state index contributed by atoms with van der Waals surface area (Å²) in [6.45, 7) is 2.60. The van der Waals surface area contributed by atoms with E-state index < -0.39 is 5.97 Å². The molecule has 2 rings (SSSR count). The molecule has 0 saturated heterocycles. The summed E-state index contributed by atoms with van der Waals surface area (Å²) >= 11 is 3.40. The molecule has 0 spiro atoms. The fourth-order valence-electron chi connectivity index (χ4n) is 1.73. The number of rotatable bonds is 2. The minimum Gasteiger partial charge on any atom is -0.481 e. The van der Waals surface area contributed by atoms with Gasteiger partial charge in [-0.1, -0.05) is 0 Å². The van der Waals surface area contributed by atoms with Crippen LogP contribution >= 0.6 is 15.9 Å². The predicted octanol–water partition coefficient (Wildman–Crippen LogP) is 0.718. The quantitative estimate of drug-likeness (QED) is 0.863. The summed E-state index contributed by atoms with van der Waals surface area (Å²) in [5.74, 6) is 0.0892. The number of imidazole rings is 1. The first-order chi connectivity index (χ1) is 7.08. The predicted molar refractivity (Wildman–Crippen MR) is 57.6 cm³/mol. The Hall–Kier alpha value is -0.880. The van der Waals surface area contributed by atoms with Gasteiger partial charge < -0.3 is 9.67 Å². The van der Waals surface area contributed by atoms with Crippen LogP contribution in [0.15, 0.2) is 4.60 Å². The third-order valence-electron chi connectivity index (χ3n) is 2.49. The molecule has 5 nitrogen and oxygen atoms in total. The second-order valence-electron chi connectivity index (χ2n) is 3.73. The highest BCUT2D eigenvalue weighted by molar-refractivity contribution is 9.10. The van der Waals surface area contributed by atoms with Gasteiger partial charge in [0.25, 0.3) is 0 Å². The molecule has 1 aromatic rings. The molecule has 0 aromatic carbocycles. The van der Waals surface area contributed by atoms with Crippen molar-refractivity contribution in [2.24, 2.45) is 0 Å². The molecule has 0 radical (unpaired) electrons. The molecule has 15 heavy (non-hydrogen) atoms. The molecule has 0 saturated carbocycles. The normalized spacial score (nSPS) is 16.4. The number of carbonyl (C=O) groups is 1. The standard InChI is InChI=1S/C9H12BrN3O2/c1-12-2-3-13-7(5-12)11-6(9(13)10)4-8(14)15/h2-5H2,1H3,(H,14,15). The van der Waals surface area contributed by atoms with Crippen LogP contribution in [0.2, 0.25) is 0 Å². The first-order valence-electron chi connectivity index (χ1n) is 4.72. The maximum Gasteiger partial charge on any atom is 0.309 e. The Morgan fingerprint density at radius 2 is 2.33 bits per heavy atom. The van der Waals surface area contributed by atoms with Gasteiger partial charge in [0, 0.05) is 13.1 Å². The van der Waals surface area contributed by atoms with Crippen LogP contribution in [0.3, 0.4) is 0 Å². The van der Waals surface area contributed by atoms with Crippen molar-refractivity contribution in [2.75, 3.05) is 13.6 Å². The minimum atomic E-state index is -0.848. The van der Waals surface area contributed by atoms with Gasteiger partial charge in [0.05, 0.1) is 18.7 Å². The lowest BCUT2D eigenvalue weighted by Crippen LogP contribution is -2.30. The summed E-state index contributed by atoms with van der Waals surface area (Å²) in [7, 11) is 2.03. The number of halogens is 1. The highest BCUT2D eigenvalue weighted by Crippen LogP contribution is 2.22. The molecule has 2 heterocycles. The smallest absolute Gasteiger partial charge is 0.309 e. The van der Waals surface area contributed by atoms with Crippen LogP contribution in [0.4, 0.5) is 0 Å². The number of aliphatic carboxylic acids is 1. The highest BCUT2D eigenvalue weighted by atomic mass is 79.9. The van der Waals surface area contributed by atoms with E-state index in [-0.39, 0.29) is 6.42 Å². The Balaban J connectivity index is 2.32. The van der Waals surface area contributed by atoms with Crippen molar-refractivity contribution < 1.29 is 9.90 Å². The molecule has 0 aliphatic carbocycles. The van der Waals surface area contributed by atoms with Crippen LogP contribution in [-0.4, -0.2) is 39.1 Å². The van der Waals surface area contributed by atoms with E-state index in [0.717, 1.165) is 30.1 Å². The van der Waals surface area contributed by atoms with Gasteiger partial charge >= 0.3 is 5.97 Å². The number of carboxylic acid groups (broad SMARTS) is 1. The first-order valence-corrected chi connectivity index (χ1v) is 5.51. The lowest BCUT2D eigenvalue weighted by Gasteiger charge is -2.23. The van der Waals surface area contributed by atoms with Gasteiger partial charge in [-0.25, -0.2) is 4.98 Å². The monoisotopic (exact) mass is 273 g/mol. The Kier molecular flexibility index (Phi) is 2.79. The Bertz CT molecular complexity index is 402. The largest absolute Gasteiger partial charge is 0.481 e. The zero-order valence-electron chi connectivity index (χ0n) is 8.40. The summed E-state index contributed by atoms with van der Waals surface area (Å²) in [6.07, 6.45) is -0.0235. The van der Waals surface area contributed by atoms with Crippen molar-refractivity contribution in [1.82, 2.24) is 14.5 Å². The molecule has 0 fully saturated rings. The summed E-state index contributed by atoms with van der Waals surface area (Å²) in [5, 5.41) is 8.72. The van der Waals surface area contributed by atoms with E-state index in [9.17, 15) is 4.79 Å². The zero-order valence-corrected chi connectivity index (χ0v) is 9.99. The molecular formula is C9H12BrN3O2.